The number of benzene rings is 1. The summed E-state index contributed by atoms with van der Waals surface area (Å²) in [4.78, 5) is 37.8. The van der Waals surface area contributed by atoms with Crippen molar-refractivity contribution in [2.75, 3.05) is 13.7 Å². The van der Waals surface area contributed by atoms with Crippen molar-refractivity contribution in [2.45, 2.75) is 19.8 Å². The van der Waals surface area contributed by atoms with Crippen LogP contribution in [0.15, 0.2) is 56.1 Å². The van der Waals surface area contributed by atoms with Gasteiger partial charge in [-0.25, -0.2) is 4.79 Å². The number of amides is 2. The lowest BCUT2D eigenvalue weighted by Crippen LogP contribution is -2.38. The third-order valence-electron chi connectivity index (χ3n) is 4.00. The Balaban J connectivity index is 1.85. The fourth-order valence-electron chi connectivity index (χ4n) is 2.78. The molecule has 7 nitrogen and oxygen atoms in total. The predicted molar refractivity (Wildman–Crippen MR) is 97.8 cm³/mol. The number of carbonyl (C=O) groups is 2. The first-order valence-corrected chi connectivity index (χ1v) is 8.53. The molecule has 0 aliphatic heterocycles. The number of methoxy groups -OCH3 is 1. The highest BCUT2D eigenvalue weighted by Gasteiger charge is 2.25. The third-order valence-corrected chi connectivity index (χ3v) is 4.00. The Morgan fingerprint density at radius 2 is 1.89 bits per heavy atom. The summed E-state index contributed by atoms with van der Waals surface area (Å²) in [6.45, 7) is 2.06. The van der Waals surface area contributed by atoms with Crippen LogP contribution in [-0.2, 0) is 11.2 Å². The monoisotopic (exact) mass is 369 g/mol. The second-order valence-corrected chi connectivity index (χ2v) is 5.93. The summed E-state index contributed by atoms with van der Waals surface area (Å²) in [6.07, 6.45) is 0.475. The van der Waals surface area contributed by atoms with Crippen molar-refractivity contribution in [3.05, 3.63) is 64.4 Å². The summed E-state index contributed by atoms with van der Waals surface area (Å²) in [5.41, 5.74) is -0.0978. The van der Waals surface area contributed by atoms with Gasteiger partial charge in [0, 0.05) is 18.0 Å². The fourth-order valence-corrected chi connectivity index (χ4v) is 2.78. The maximum atomic E-state index is 12.7. The highest BCUT2D eigenvalue weighted by atomic mass is 16.5. The summed E-state index contributed by atoms with van der Waals surface area (Å²) in [7, 11) is 1.54. The Labute approximate surface area is 155 Å². The average molecular weight is 369 g/mol. The number of imide groups is 1. The first kappa shape index (κ1) is 18.4. The minimum Gasteiger partial charge on any atom is -0.493 e. The minimum absolute atomic E-state index is 0.0966. The van der Waals surface area contributed by atoms with Gasteiger partial charge < -0.3 is 13.6 Å². The molecule has 3 rings (SSSR count). The zero-order chi connectivity index (χ0) is 19.4. The molecule has 2 amide bonds. The molecule has 0 unspecified atom stereocenters. The highest BCUT2D eigenvalue weighted by molar-refractivity contribution is 6.03. The number of carbonyl (C=O) groups excluding carboxylic acids is 2. The topological polar surface area (TPSA) is 90.0 Å². The van der Waals surface area contributed by atoms with E-state index in [-0.39, 0.29) is 18.7 Å². The molecule has 0 bridgehead atoms. The van der Waals surface area contributed by atoms with Gasteiger partial charge in [0.25, 0.3) is 5.91 Å². The lowest BCUT2D eigenvalue weighted by molar-refractivity contribution is -0.128. The van der Waals surface area contributed by atoms with Crippen molar-refractivity contribution in [1.29, 1.82) is 0 Å². The van der Waals surface area contributed by atoms with Crippen molar-refractivity contribution in [2.24, 2.45) is 0 Å². The van der Waals surface area contributed by atoms with E-state index in [1.54, 1.807) is 12.1 Å². The molecular formula is C20H19NO6. The Kier molecular flexibility index (Phi) is 5.40. The molecular weight excluding hydrogens is 350 g/mol. The molecule has 2 heterocycles. The summed E-state index contributed by atoms with van der Waals surface area (Å²) in [5.74, 6) is -0.267. The third kappa shape index (κ3) is 3.92. The molecule has 0 saturated heterocycles. The van der Waals surface area contributed by atoms with Gasteiger partial charge in [0.1, 0.15) is 5.76 Å². The summed E-state index contributed by atoms with van der Waals surface area (Å²) in [6, 6.07) is 11.2. The molecule has 0 N–H and O–H groups in total. The molecule has 27 heavy (non-hydrogen) atoms. The second kappa shape index (κ2) is 7.90. The smallest absolute Gasteiger partial charge is 0.336 e. The Bertz CT molecular complexity index is 1030. The van der Waals surface area contributed by atoms with Gasteiger partial charge in [0.2, 0.25) is 5.91 Å². The molecule has 140 valence electrons. The molecule has 0 aliphatic carbocycles. The maximum absolute atomic E-state index is 12.7. The van der Waals surface area contributed by atoms with Gasteiger partial charge in [-0.1, -0.05) is 25.1 Å². The van der Waals surface area contributed by atoms with Crippen LogP contribution in [0.3, 0.4) is 0 Å². The van der Waals surface area contributed by atoms with Crippen LogP contribution in [0.4, 0.5) is 0 Å². The zero-order valence-corrected chi connectivity index (χ0v) is 15.1. The van der Waals surface area contributed by atoms with Gasteiger partial charge in [0.05, 0.1) is 13.5 Å². The van der Waals surface area contributed by atoms with Crippen LogP contribution in [-0.4, -0.2) is 30.4 Å². The van der Waals surface area contributed by atoms with Crippen LogP contribution in [0.5, 0.6) is 5.75 Å². The fraction of sp³-hybridized carbons (Fsp3) is 0.250. The van der Waals surface area contributed by atoms with Crippen LogP contribution < -0.4 is 10.4 Å². The van der Waals surface area contributed by atoms with E-state index >= 15 is 0 Å². The van der Waals surface area contributed by atoms with Crippen LogP contribution >= 0.6 is 0 Å². The molecule has 0 spiro atoms. The Hall–Kier alpha value is -3.35. The summed E-state index contributed by atoms with van der Waals surface area (Å²) >= 11 is 0. The van der Waals surface area contributed by atoms with E-state index in [1.165, 1.54) is 25.3 Å². The van der Waals surface area contributed by atoms with Crippen molar-refractivity contribution in [1.82, 2.24) is 4.90 Å². The first-order valence-electron chi connectivity index (χ1n) is 8.53. The van der Waals surface area contributed by atoms with Crippen LogP contribution in [0, 0.1) is 0 Å². The standard InChI is InChI=1S/C20H19NO6/c1-3-10-21(20(24)16-8-5-9-18(23)27-16)17(22)12-14-11-13-6-4-7-15(25-2)19(13)26-14/h4-9,11H,3,10,12H2,1-2H3. The first-order chi connectivity index (χ1) is 13.0. The quantitative estimate of drug-likeness (QED) is 0.663. The second-order valence-electron chi connectivity index (χ2n) is 5.93. The lowest BCUT2D eigenvalue weighted by Gasteiger charge is -2.18. The lowest BCUT2D eigenvalue weighted by atomic mass is 10.2. The molecule has 0 radical (unpaired) electrons. The number of hydrogen-bond acceptors (Lipinski definition) is 6. The van der Waals surface area contributed by atoms with Gasteiger partial charge in [-0.2, -0.15) is 0 Å². The number of fused-ring (bicyclic) bond motifs is 1. The molecule has 0 saturated carbocycles. The van der Waals surface area contributed by atoms with Crippen LogP contribution in [0.2, 0.25) is 0 Å². The molecule has 0 atom stereocenters. The van der Waals surface area contributed by atoms with Crippen LogP contribution in [0.1, 0.15) is 29.7 Å². The van der Waals surface area contributed by atoms with E-state index in [1.807, 2.05) is 19.1 Å². The molecule has 1 aromatic carbocycles. The van der Waals surface area contributed by atoms with E-state index < -0.39 is 17.4 Å². The van der Waals surface area contributed by atoms with Gasteiger partial charge in [-0.05, 0) is 24.6 Å². The Morgan fingerprint density at radius 1 is 1.11 bits per heavy atom. The number of ether oxygens (including phenoxy) is 1. The van der Waals surface area contributed by atoms with Gasteiger partial charge in [-0.15, -0.1) is 0 Å². The summed E-state index contributed by atoms with van der Waals surface area (Å²) < 4.78 is 15.9. The number of nitrogens with zero attached hydrogens (tertiary/aromatic N) is 1. The van der Waals surface area contributed by atoms with Gasteiger partial charge in [-0.3, -0.25) is 14.5 Å². The number of hydrogen-bond donors (Lipinski definition) is 0. The highest BCUT2D eigenvalue weighted by Crippen LogP contribution is 2.28. The minimum atomic E-state index is -0.645. The van der Waals surface area contributed by atoms with E-state index in [2.05, 4.69) is 0 Å². The summed E-state index contributed by atoms with van der Waals surface area (Å²) in [5, 5.41) is 0.805. The van der Waals surface area contributed by atoms with E-state index in [4.69, 9.17) is 13.6 Å². The maximum Gasteiger partial charge on any atom is 0.336 e. The number of para-hydroxylation sites is 1. The number of furan rings is 1. The van der Waals surface area contributed by atoms with Crippen LogP contribution in [0.25, 0.3) is 11.0 Å². The predicted octanol–water partition coefficient (Wildman–Crippen LogP) is 3.02. The normalized spacial score (nSPS) is 10.7. The van der Waals surface area contributed by atoms with E-state index in [0.717, 1.165) is 10.3 Å². The molecule has 0 aliphatic rings. The zero-order valence-electron chi connectivity index (χ0n) is 15.1. The molecule has 7 heteroatoms. The van der Waals surface area contributed by atoms with Crippen molar-refractivity contribution in [3.63, 3.8) is 0 Å². The molecule has 3 aromatic rings. The molecule has 2 aromatic heterocycles. The van der Waals surface area contributed by atoms with Crippen molar-refractivity contribution in [3.8, 4) is 5.75 Å². The number of rotatable bonds is 6. The average Bonchev–Trinajstić information content (AvgIpc) is 3.07. The Morgan fingerprint density at radius 3 is 2.59 bits per heavy atom. The SMILES string of the molecule is CCCN(C(=O)Cc1cc2cccc(OC)c2o1)C(=O)c1cccc(=O)o1. The van der Waals surface area contributed by atoms with E-state index in [0.29, 0.717) is 23.5 Å². The van der Waals surface area contributed by atoms with Crippen molar-refractivity contribution < 1.29 is 23.2 Å². The van der Waals surface area contributed by atoms with Gasteiger partial charge in [0.15, 0.2) is 17.1 Å². The largest absolute Gasteiger partial charge is 0.493 e. The van der Waals surface area contributed by atoms with Gasteiger partial charge >= 0.3 is 5.63 Å². The molecule has 0 fully saturated rings. The van der Waals surface area contributed by atoms with E-state index in [9.17, 15) is 14.4 Å². The van der Waals surface area contributed by atoms with Crippen molar-refractivity contribution >= 4 is 22.8 Å².